The molecule has 1 aromatic rings. The number of rotatable bonds is 5. The zero-order valence-electron chi connectivity index (χ0n) is 8.50. The van der Waals surface area contributed by atoms with Gasteiger partial charge in [0.25, 0.3) is 5.91 Å². The molecule has 1 rings (SSSR count). The summed E-state index contributed by atoms with van der Waals surface area (Å²) < 4.78 is 0. The summed E-state index contributed by atoms with van der Waals surface area (Å²) in [5.41, 5.74) is 0. The van der Waals surface area contributed by atoms with Crippen molar-refractivity contribution in [2.75, 3.05) is 19.0 Å². The van der Waals surface area contributed by atoms with E-state index in [1.807, 2.05) is 12.3 Å². The minimum Gasteiger partial charge on any atom is -0.337 e. The minimum absolute atomic E-state index is 0.0162. The highest BCUT2D eigenvalue weighted by Gasteiger charge is 2.18. The number of carbonyl (C=O) groups is 1. The molecule has 1 amide bonds. The van der Waals surface area contributed by atoms with Crippen LogP contribution >= 0.6 is 34.5 Å². The molecule has 1 heterocycles. The highest BCUT2D eigenvalue weighted by molar-refractivity contribution is 7.12. The van der Waals surface area contributed by atoms with Gasteiger partial charge in [0.1, 0.15) is 4.88 Å². The lowest BCUT2D eigenvalue weighted by molar-refractivity contribution is 0.0770. The first-order valence-electron chi connectivity index (χ1n) is 4.79. The zero-order valence-corrected chi connectivity index (χ0v) is 10.8. The van der Waals surface area contributed by atoms with Crippen LogP contribution in [0.15, 0.2) is 11.4 Å². The Morgan fingerprint density at radius 1 is 1.53 bits per heavy atom. The van der Waals surface area contributed by atoms with Crippen molar-refractivity contribution >= 4 is 40.4 Å². The van der Waals surface area contributed by atoms with Crippen LogP contribution in [0.25, 0.3) is 0 Å². The van der Waals surface area contributed by atoms with Crippen LogP contribution in [0.1, 0.15) is 23.0 Å². The van der Waals surface area contributed by atoms with Crippen LogP contribution < -0.4 is 0 Å². The smallest absolute Gasteiger partial charge is 0.265 e. The SMILES string of the molecule is CCCN(CCCl)C(=O)c1sccc1Cl. The van der Waals surface area contributed by atoms with Crippen molar-refractivity contribution in [2.45, 2.75) is 13.3 Å². The summed E-state index contributed by atoms with van der Waals surface area (Å²) in [6.07, 6.45) is 0.922. The number of amides is 1. The number of nitrogens with zero attached hydrogens (tertiary/aromatic N) is 1. The molecule has 84 valence electrons. The van der Waals surface area contributed by atoms with E-state index in [9.17, 15) is 4.79 Å². The first kappa shape index (κ1) is 12.8. The van der Waals surface area contributed by atoms with Crippen LogP contribution in [0.4, 0.5) is 0 Å². The standard InChI is InChI=1S/C10H13Cl2NOS/c1-2-5-13(6-4-11)10(14)9-8(12)3-7-15-9/h3,7H,2,4-6H2,1H3. The van der Waals surface area contributed by atoms with E-state index < -0.39 is 0 Å². The molecule has 0 radical (unpaired) electrons. The Labute approximate surface area is 104 Å². The van der Waals surface area contributed by atoms with Gasteiger partial charge in [-0.25, -0.2) is 0 Å². The predicted octanol–water partition coefficient (Wildman–Crippen LogP) is 3.49. The molecule has 0 aliphatic rings. The van der Waals surface area contributed by atoms with Gasteiger partial charge >= 0.3 is 0 Å². The van der Waals surface area contributed by atoms with Gasteiger partial charge in [-0.1, -0.05) is 18.5 Å². The van der Waals surface area contributed by atoms with Crippen molar-refractivity contribution < 1.29 is 4.79 Å². The number of thiophene rings is 1. The van der Waals surface area contributed by atoms with E-state index in [2.05, 4.69) is 0 Å². The summed E-state index contributed by atoms with van der Waals surface area (Å²) >= 11 is 12.9. The van der Waals surface area contributed by atoms with E-state index >= 15 is 0 Å². The van der Waals surface area contributed by atoms with Crippen molar-refractivity contribution in [3.63, 3.8) is 0 Å². The normalized spacial score (nSPS) is 10.3. The third-order valence-corrected chi connectivity index (χ3v) is 3.45. The Kier molecular flexibility index (Phi) is 5.43. The lowest BCUT2D eigenvalue weighted by Crippen LogP contribution is -2.33. The summed E-state index contributed by atoms with van der Waals surface area (Å²) in [5.74, 6) is 0.437. The first-order chi connectivity index (χ1) is 7.20. The van der Waals surface area contributed by atoms with Gasteiger partial charge < -0.3 is 4.90 Å². The number of alkyl halides is 1. The monoisotopic (exact) mass is 265 g/mol. The third kappa shape index (κ3) is 3.37. The van der Waals surface area contributed by atoms with Gasteiger partial charge in [0.05, 0.1) is 5.02 Å². The summed E-state index contributed by atoms with van der Waals surface area (Å²) in [7, 11) is 0. The first-order valence-corrected chi connectivity index (χ1v) is 6.58. The van der Waals surface area contributed by atoms with E-state index in [4.69, 9.17) is 23.2 Å². The fourth-order valence-corrected chi connectivity index (χ4v) is 2.58. The minimum atomic E-state index is -0.0162. The van der Waals surface area contributed by atoms with Crippen molar-refractivity contribution in [3.05, 3.63) is 21.3 Å². The lowest BCUT2D eigenvalue weighted by Gasteiger charge is -2.20. The van der Waals surface area contributed by atoms with Gasteiger partial charge in [-0.2, -0.15) is 0 Å². The van der Waals surface area contributed by atoms with Crippen LogP contribution in [0.2, 0.25) is 5.02 Å². The number of carbonyl (C=O) groups excluding carboxylic acids is 1. The number of hydrogen-bond acceptors (Lipinski definition) is 2. The van der Waals surface area contributed by atoms with Gasteiger partial charge in [0.15, 0.2) is 0 Å². The molecule has 0 unspecified atom stereocenters. The van der Waals surface area contributed by atoms with Crippen LogP contribution in [0.3, 0.4) is 0 Å². The zero-order chi connectivity index (χ0) is 11.3. The molecule has 5 heteroatoms. The second-order valence-corrected chi connectivity index (χ2v) is 4.78. The quantitative estimate of drug-likeness (QED) is 0.747. The number of halogens is 2. The summed E-state index contributed by atoms with van der Waals surface area (Å²) in [5, 5.41) is 2.35. The molecule has 0 N–H and O–H groups in total. The molecule has 0 saturated carbocycles. The van der Waals surface area contributed by atoms with Crippen molar-refractivity contribution in [2.24, 2.45) is 0 Å². The maximum atomic E-state index is 12.0. The maximum Gasteiger partial charge on any atom is 0.265 e. The van der Waals surface area contributed by atoms with Crippen LogP contribution in [-0.2, 0) is 0 Å². The summed E-state index contributed by atoms with van der Waals surface area (Å²) in [4.78, 5) is 14.3. The third-order valence-electron chi connectivity index (χ3n) is 1.95. The molecular weight excluding hydrogens is 253 g/mol. The molecule has 2 nitrogen and oxygen atoms in total. The van der Waals surface area contributed by atoms with E-state index in [0.29, 0.717) is 22.3 Å². The fourth-order valence-electron chi connectivity index (χ4n) is 1.28. The molecular formula is C10H13Cl2NOS. The van der Waals surface area contributed by atoms with Gasteiger partial charge in [-0.15, -0.1) is 22.9 Å². The second kappa shape index (κ2) is 6.36. The molecule has 0 aromatic carbocycles. The van der Waals surface area contributed by atoms with E-state index in [0.717, 1.165) is 13.0 Å². The molecule has 0 aliphatic carbocycles. The Balaban J connectivity index is 2.76. The largest absolute Gasteiger partial charge is 0.337 e. The Bertz CT molecular complexity index is 321. The summed E-state index contributed by atoms with van der Waals surface area (Å²) in [6.45, 7) is 3.33. The Hall–Kier alpha value is -0.250. The van der Waals surface area contributed by atoms with Crippen molar-refractivity contribution in [1.29, 1.82) is 0 Å². The van der Waals surface area contributed by atoms with E-state index in [1.54, 1.807) is 11.0 Å². The van der Waals surface area contributed by atoms with Crippen molar-refractivity contribution in [3.8, 4) is 0 Å². The highest BCUT2D eigenvalue weighted by Crippen LogP contribution is 2.23. The van der Waals surface area contributed by atoms with Crippen LogP contribution in [0, 0.1) is 0 Å². The topological polar surface area (TPSA) is 20.3 Å². The van der Waals surface area contributed by atoms with Gasteiger partial charge in [-0.3, -0.25) is 4.79 Å². The predicted molar refractivity (Wildman–Crippen MR) is 66.2 cm³/mol. The average Bonchev–Trinajstić information content (AvgIpc) is 2.63. The van der Waals surface area contributed by atoms with Crippen molar-refractivity contribution in [1.82, 2.24) is 4.90 Å². The maximum absolute atomic E-state index is 12.0. The molecule has 0 saturated heterocycles. The van der Waals surface area contributed by atoms with Gasteiger partial charge in [0.2, 0.25) is 0 Å². The molecule has 0 bridgehead atoms. The second-order valence-electron chi connectivity index (χ2n) is 3.08. The molecule has 1 aromatic heterocycles. The lowest BCUT2D eigenvalue weighted by atomic mass is 10.3. The summed E-state index contributed by atoms with van der Waals surface area (Å²) in [6, 6.07) is 1.74. The van der Waals surface area contributed by atoms with Crippen LogP contribution in [-0.4, -0.2) is 29.8 Å². The molecule has 15 heavy (non-hydrogen) atoms. The van der Waals surface area contributed by atoms with Crippen LogP contribution in [0.5, 0.6) is 0 Å². The Morgan fingerprint density at radius 3 is 2.73 bits per heavy atom. The Morgan fingerprint density at radius 2 is 2.27 bits per heavy atom. The number of hydrogen-bond donors (Lipinski definition) is 0. The molecule has 0 atom stereocenters. The van der Waals surface area contributed by atoms with Gasteiger partial charge in [-0.05, 0) is 17.9 Å². The van der Waals surface area contributed by atoms with E-state index in [-0.39, 0.29) is 5.91 Å². The fraction of sp³-hybridized carbons (Fsp3) is 0.500. The molecule has 0 aliphatic heterocycles. The van der Waals surface area contributed by atoms with E-state index in [1.165, 1.54) is 11.3 Å². The van der Waals surface area contributed by atoms with Gasteiger partial charge in [0, 0.05) is 19.0 Å². The average molecular weight is 266 g/mol. The molecule has 0 spiro atoms. The molecule has 0 fully saturated rings. The highest BCUT2D eigenvalue weighted by atomic mass is 35.5.